The third-order valence-corrected chi connectivity index (χ3v) is 5.85. The number of rotatable bonds is 5. The van der Waals surface area contributed by atoms with Gasteiger partial charge in [-0.3, -0.25) is 9.69 Å². The van der Waals surface area contributed by atoms with Crippen molar-refractivity contribution in [2.24, 2.45) is 0 Å². The van der Waals surface area contributed by atoms with E-state index >= 15 is 0 Å². The van der Waals surface area contributed by atoms with Crippen LogP contribution >= 0.6 is 47.2 Å². The second kappa shape index (κ2) is 8.44. The summed E-state index contributed by atoms with van der Waals surface area (Å²) in [6.45, 7) is 0.530. The first-order valence-corrected chi connectivity index (χ1v) is 9.79. The molecule has 2 aromatic carbocycles. The van der Waals surface area contributed by atoms with Crippen LogP contribution < -0.4 is 4.74 Å². The maximum Gasteiger partial charge on any atom is 0.266 e. The second-order valence-corrected chi connectivity index (χ2v) is 8.12. The van der Waals surface area contributed by atoms with E-state index in [4.69, 9.17) is 40.2 Å². The van der Waals surface area contributed by atoms with E-state index in [2.05, 4.69) is 0 Å². The molecule has 1 fully saturated rings. The van der Waals surface area contributed by atoms with E-state index in [1.165, 1.54) is 11.8 Å². The second-order valence-electron chi connectivity index (χ2n) is 5.60. The Hall–Kier alpha value is -1.53. The Balaban J connectivity index is 1.70. The van der Waals surface area contributed by atoms with Gasteiger partial charge >= 0.3 is 0 Å². The zero-order chi connectivity index (χ0) is 18.7. The van der Waals surface area contributed by atoms with E-state index in [-0.39, 0.29) is 5.91 Å². The Morgan fingerprint density at radius 2 is 1.92 bits per heavy atom. The number of amides is 1. The normalized spacial score (nSPS) is 15.8. The van der Waals surface area contributed by atoms with Gasteiger partial charge in [0.05, 0.1) is 12.0 Å². The predicted octanol–water partition coefficient (Wildman–Crippen LogP) is 5.45. The molecular weight excluding hydrogens is 409 g/mol. The number of methoxy groups -OCH3 is 1. The summed E-state index contributed by atoms with van der Waals surface area (Å²) >= 11 is 18.8. The number of hydrogen-bond donors (Lipinski definition) is 0. The fourth-order valence-corrected chi connectivity index (χ4v) is 4.25. The number of nitrogens with zero attached hydrogens (tertiary/aromatic N) is 1. The molecule has 1 aliphatic rings. The Morgan fingerprint density at radius 3 is 2.58 bits per heavy atom. The highest BCUT2D eigenvalue weighted by atomic mass is 35.5. The van der Waals surface area contributed by atoms with Crippen molar-refractivity contribution in [3.8, 4) is 5.75 Å². The van der Waals surface area contributed by atoms with Crippen LogP contribution in [-0.2, 0) is 11.2 Å². The Bertz CT molecular complexity index is 882. The fourth-order valence-electron chi connectivity index (χ4n) is 2.49. The van der Waals surface area contributed by atoms with Gasteiger partial charge in [0.1, 0.15) is 10.1 Å². The number of carbonyl (C=O) groups excluding carboxylic acids is 1. The van der Waals surface area contributed by atoms with Crippen LogP contribution in [0.1, 0.15) is 11.1 Å². The Labute approximate surface area is 171 Å². The van der Waals surface area contributed by atoms with Crippen molar-refractivity contribution in [3.05, 3.63) is 68.5 Å². The SMILES string of the molecule is COc1ccc(CCN2C(=O)C(=Cc3ccc(Cl)cc3Cl)SC2=S)cc1. The van der Waals surface area contributed by atoms with E-state index in [1.807, 2.05) is 24.3 Å². The van der Waals surface area contributed by atoms with Gasteiger partial charge in [-0.2, -0.15) is 0 Å². The lowest BCUT2D eigenvalue weighted by Crippen LogP contribution is -2.30. The lowest BCUT2D eigenvalue weighted by atomic mass is 10.1. The molecule has 0 bridgehead atoms. The molecule has 3 rings (SSSR count). The molecule has 0 saturated carbocycles. The number of halogens is 2. The summed E-state index contributed by atoms with van der Waals surface area (Å²) in [5.41, 5.74) is 1.86. The third-order valence-electron chi connectivity index (χ3n) is 3.91. The van der Waals surface area contributed by atoms with Gasteiger partial charge < -0.3 is 4.74 Å². The van der Waals surface area contributed by atoms with Crippen molar-refractivity contribution in [1.82, 2.24) is 4.90 Å². The van der Waals surface area contributed by atoms with Crippen molar-refractivity contribution in [2.45, 2.75) is 6.42 Å². The van der Waals surface area contributed by atoms with Crippen LogP contribution in [0.15, 0.2) is 47.4 Å². The van der Waals surface area contributed by atoms with E-state index in [1.54, 1.807) is 36.3 Å². The highest BCUT2D eigenvalue weighted by Crippen LogP contribution is 2.34. The topological polar surface area (TPSA) is 29.5 Å². The molecule has 1 aliphatic heterocycles. The highest BCUT2D eigenvalue weighted by Gasteiger charge is 2.31. The van der Waals surface area contributed by atoms with Crippen molar-refractivity contribution < 1.29 is 9.53 Å². The average Bonchev–Trinajstić information content (AvgIpc) is 2.89. The predicted molar refractivity (Wildman–Crippen MR) is 113 cm³/mol. The smallest absolute Gasteiger partial charge is 0.266 e. The molecule has 0 unspecified atom stereocenters. The molecule has 0 aromatic heterocycles. The molecule has 0 spiro atoms. The summed E-state index contributed by atoms with van der Waals surface area (Å²) in [7, 11) is 1.63. The summed E-state index contributed by atoms with van der Waals surface area (Å²) in [5, 5.41) is 1.06. The van der Waals surface area contributed by atoms with Crippen LogP contribution in [0, 0.1) is 0 Å². The number of thiocarbonyl (C=S) groups is 1. The molecule has 26 heavy (non-hydrogen) atoms. The quantitative estimate of drug-likeness (QED) is 0.472. The van der Waals surface area contributed by atoms with Gasteiger partial charge in [0.25, 0.3) is 5.91 Å². The van der Waals surface area contributed by atoms with Gasteiger partial charge in [0, 0.05) is 16.6 Å². The first kappa shape index (κ1) is 19.2. The van der Waals surface area contributed by atoms with E-state index in [0.29, 0.717) is 32.2 Å². The summed E-state index contributed by atoms with van der Waals surface area (Å²) < 4.78 is 5.71. The molecule has 2 aromatic rings. The molecular formula is C19H15Cl2NO2S2. The molecule has 1 amide bonds. The minimum atomic E-state index is -0.0977. The van der Waals surface area contributed by atoms with E-state index in [9.17, 15) is 4.79 Å². The van der Waals surface area contributed by atoms with Crippen molar-refractivity contribution in [1.29, 1.82) is 0 Å². The van der Waals surface area contributed by atoms with E-state index < -0.39 is 0 Å². The zero-order valence-electron chi connectivity index (χ0n) is 13.9. The van der Waals surface area contributed by atoms with Gasteiger partial charge in [-0.25, -0.2) is 0 Å². The van der Waals surface area contributed by atoms with Gasteiger partial charge in [0.2, 0.25) is 0 Å². The molecule has 0 radical (unpaired) electrons. The maximum atomic E-state index is 12.7. The number of hydrogen-bond acceptors (Lipinski definition) is 4. The van der Waals surface area contributed by atoms with Crippen LogP contribution in [0.2, 0.25) is 10.0 Å². The molecule has 0 N–H and O–H groups in total. The number of benzene rings is 2. The summed E-state index contributed by atoms with van der Waals surface area (Å²) in [6.07, 6.45) is 2.47. The maximum absolute atomic E-state index is 12.7. The fraction of sp³-hybridized carbons (Fsp3) is 0.158. The average molecular weight is 424 g/mol. The van der Waals surface area contributed by atoms with Crippen molar-refractivity contribution in [2.75, 3.05) is 13.7 Å². The lowest BCUT2D eigenvalue weighted by molar-refractivity contribution is -0.122. The van der Waals surface area contributed by atoms with Crippen molar-refractivity contribution in [3.63, 3.8) is 0 Å². The third kappa shape index (κ3) is 4.41. The molecule has 1 heterocycles. The van der Waals surface area contributed by atoms with Gasteiger partial charge in [-0.1, -0.05) is 65.4 Å². The summed E-state index contributed by atoms with van der Waals surface area (Å²) in [4.78, 5) is 14.9. The molecule has 1 saturated heterocycles. The van der Waals surface area contributed by atoms with Gasteiger partial charge in [-0.05, 0) is 47.9 Å². The minimum Gasteiger partial charge on any atom is -0.497 e. The van der Waals surface area contributed by atoms with Crippen LogP contribution in [0.25, 0.3) is 6.08 Å². The number of ether oxygens (including phenoxy) is 1. The van der Waals surface area contributed by atoms with E-state index in [0.717, 1.165) is 16.9 Å². The molecule has 7 heteroatoms. The van der Waals surface area contributed by atoms with Crippen LogP contribution in [-0.4, -0.2) is 28.8 Å². The molecule has 3 nitrogen and oxygen atoms in total. The molecule has 134 valence electrons. The molecule has 0 atom stereocenters. The summed E-state index contributed by atoms with van der Waals surface area (Å²) in [6, 6.07) is 13.0. The molecule has 0 aliphatic carbocycles. The van der Waals surface area contributed by atoms with Crippen LogP contribution in [0.5, 0.6) is 5.75 Å². The minimum absolute atomic E-state index is 0.0977. The Morgan fingerprint density at radius 1 is 1.19 bits per heavy atom. The van der Waals surface area contributed by atoms with Crippen LogP contribution in [0.4, 0.5) is 0 Å². The largest absolute Gasteiger partial charge is 0.497 e. The first-order chi connectivity index (χ1) is 12.5. The van der Waals surface area contributed by atoms with Gasteiger partial charge in [-0.15, -0.1) is 0 Å². The summed E-state index contributed by atoms with van der Waals surface area (Å²) in [5.74, 6) is 0.710. The zero-order valence-corrected chi connectivity index (χ0v) is 17.0. The monoisotopic (exact) mass is 423 g/mol. The first-order valence-electron chi connectivity index (χ1n) is 7.81. The highest BCUT2D eigenvalue weighted by molar-refractivity contribution is 8.26. The number of carbonyl (C=O) groups is 1. The standard InChI is InChI=1S/C19H15Cl2NO2S2/c1-24-15-6-2-12(3-7-15)8-9-22-18(23)17(26-19(22)25)10-13-4-5-14(20)11-16(13)21/h2-7,10-11H,8-9H2,1H3. The number of thioether (sulfide) groups is 1. The Kier molecular flexibility index (Phi) is 6.24. The van der Waals surface area contributed by atoms with Crippen molar-refractivity contribution >= 4 is 63.5 Å². The van der Waals surface area contributed by atoms with Gasteiger partial charge in [0.15, 0.2) is 0 Å². The van der Waals surface area contributed by atoms with Crippen LogP contribution in [0.3, 0.4) is 0 Å². The lowest BCUT2D eigenvalue weighted by Gasteiger charge is -2.14.